The van der Waals surface area contributed by atoms with Crippen LogP contribution >= 0.6 is 11.8 Å². The summed E-state index contributed by atoms with van der Waals surface area (Å²) < 4.78 is 2.04. The highest BCUT2D eigenvalue weighted by Crippen LogP contribution is 2.27. The summed E-state index contributed by atoms with van der Waals surface area (Å²) in [6, 6.07) is 6.21. The molecule has 1 aliphatic carbocycles. The van der Waals surface area contributed by atoms with Crippen LogP contribution in [0.5, 0.6) is 0 Å². The Hall–Kier alpha value is -1.69. The van der Waals surface area contributed by atoms with E-state index in [9.17, 15) is 4.79 Å². The van der Waals surface area contributed by atoms with Crippen LogP contribution in [0.2, 0.25) is 0 Å². The summed E-state index contributed by atoms with van der Waals surface area (Å²) in [4.78, 5) is 16.5. The van der Waals surface area contributed by atoms with Crippen LogP contribution in [-0.4, -0.2) is 33.0 Å². The number of thioether (sulfide) groups is 1. The first-order valence-corrected chi connectivity index (χ1v) is 8.95. The maximum Gasteiger partial charge on any atom is 0.315 e. The average molecular weight is 318 g/mol. The van der Waals surface area contributed by atoms with E-state index >= 15 is 0 Å². The van der Waals surface area contributed by atoms with Gasteiger partial charge in [-0.05, 0) is 44.6 Å². The molecule has 2 aromatic rings. The Kier molecular flexibility index (Phi) is 4.57. The third-order valence-corrected chi connectivity index (χ3v) is 5.32. The molecule has 1 aliphatic rings. The Morgan fingerprint density at radius 3 is 3.05 bits per heavy atom. The van der Waals surface area contributed by atoms with Crippen molar-refractivity contribution >= 4 is 23.4 Å². The Labute approximate surface area is 134 Å². The second kappa shape index (κ2) is 6.60. The number of nitrogens with zero attached hydrogens (tertiary/aromatic N) is 2. The van der Waals surface area contributed by atoms with Crippen LogP contribution in [0.25, 0.3) is 5.65 Å². The number of rotatable bonds is 4. The molecule has 5 nitrogen and oxygen atoms in total. The molecule has 22 heavy (non-hydrogen) atoms. The van der Waals surface area contributed by atoms with Crippen molar-refractivity contribution in [1.82, 2.24) is 20.0 Å². The standard InChI is InChI=1S/C16H22N4OS/c1-11-4-3-5-15-18-13(10-20(11)15)9-17-16(21)19-12-6-7-14(8-12)22-2/h3-5,10,12,14H,6-9H2,1-2H3,(H2,17,19,21). The zero-order valence-corrected chi connectivity index (χ0v) is 13.8. The van der Waals surface area contributed by atoms with Crippen molar-refractivity contribution < 1.29 is 4.79 Å². The van der Waals surface area contributed by atoms with Gasteiger partial charge in [0.05, 0.1) is 12.2 Å². The first kappa shape index (κ1) is 15.2. The van der Waals surface area contributed by atoms with Gasteiger partial charge in [-0.2, -0.15) is 11.8 Å². The highest BCUT2D eigenvalue weighted by molar-refractivity contribution is 7.99. The lowest BCUT2D eigenvalue weighted by Crippen LogP contribution is -2.40. The normalized spacial score (nSPS) is 21.2. The van der Waals surface area contributed by atoms with Crippen LogP contribution in [0.1, 0.15) is 30.7 Å². The predicted octanol–water partition coefficient (Wildman–Crippen LogP) is 2.73. The molecule has 2 heterocycles. The number of urea groups is 1. The summed E-state index contributed by atoms with van der Waals surface area (Å²) in [6.45, 7) is 2.49. The third kappa shape index (κ3) is 3.38. The Morgan fingerprint density at radius 1 is 1.45 bits per heavy atom. The number of hydrogen-bond acceptors (Lipinski definition) is 3. The molecule has 2 atom stereocenters. The van der Waals surface area contributed by atoms with Crippen molar-refractivity contribution in [3.05, 3.63) is 35.8 Å². The number of pyridine rings is 1. The molecule has 0 aromatic carbocycles. The Balaban J connectivity index is 1.53. The van der Waals surface area contributed by atoms with Crippen LogP contribution in [0.15, 0.2) is 24.4 Å². The number of aryl methyl sites for hydroxylation is 1. The van der Waals surface area contributed by atoms with Gasteiger partial charge in [0, 0.05) is 23.2 Å². The number of aromatic nitrogens is 2. The minimum absolute atomic E-state index is 0.0967. The van der Waals surface area contributed by atoms with Gasteiger partial charge in [-0.3, -0.25) is 0 Å². The average Bonchev–Trinajstić information content (AvgIpc) is 3.12. The van der Waals surface area contributed by atoms with E-state index in [0.717, 1.165) is 29.9 Å². The molecule has 0 spiro atoms. The maximum atomic E-state index is 12.0. The largest absolute Gasteiger partial charge is 0.335 e. The quantitative estimate of drug-likeness (QED) is 0.911. The van der Waals surface area contributed by atoms with Gasteiger partial charge in [-0.1, -0.05) is 6.07 Å². The van der Waals surface area contributed by atoms with Gasteiger partial charge in [0.1, 0.15) is 5.65 Å². The van der Waals surface area contributed by atoms with E-state index in [2.05, 4.69) is 21.9 Å². The van der Waals surface area contributed by atoms with Crippen molar-refractivity contribution in [2.24, 2.45) is 0 Å². The van der Waals surface area contributed by atoms with E-state index < -0.39 is 0 Å². The SMILES string of the molecule is CSC1CCC(NC(=O)NCc2cn3c(C)cccc3n2)C1. The van der Waals surface area contributed by atoms with Crippen LogP contribution in [0.4, 0.5) is 4.79 Å². The van der Waals surface area contributed by atoms with Crippen LogP contribution < -0.4 is 10.6 Å². The number of carbonyl (C=O) groups excluding carboxylic acids is 1. The van der Waals surface area contributed by atoms with Crippen LogP contribution in [0, 0.1) is 6.92 Å². The van der Waals surface area contributed by atoms with Crippen LogP contribution in [0.3, 0.4) is 0 Å². The number of carbonyl (C=O) groups is 1. The van der Waals surface area contributed by atoms with E-state index in [-0.39, 0.29) is 6.03 Å². The molecule has 0 saturated heterocycles. The fourth-order valence-corrected chi connectivity index (χ4v) is 3.77. The van der Waals surface area contributed by atoms with Crippen molar-refractivity contribution in [2.75, 3.05) is 6.26 Å². The van der Waals surface area contributed by atoms with Crippen LogP contribution in [-0.2, 0) is 6.54 Å². The first-order chi connectivity index (χ1) is 10.7. The van der Waals surface area contributed by atoms with E-state index in [1.54, 1.807) is 0 Å². The fourth-order valence-electron chi connectivity index (χ4n) is 2.98. The lowest BCUT2D eigenvalue weighted by atomic mass is 10.2. The summed E-state index contributed by atoms with van der Waals surface area (Å²) in [6.07, 6.45) is 7.45. The van der Waals surface area contributed by atoms with E-state index in [0.29, 0.717) is 17.8 Å². The zero-order chi connectivity index (χ0) is 15.5. The molecule has 0 bridgehead atoms. The molecule has 3 rings (SSSR count). The Morgan fingerprint density at radius 2 is 2.32 bits per heavy atom. The highest BCUT2D eigenvalue weighted by Gasteiger charge is 2.24. The third-order valence-electron chi connectivity index (χ3n) is 4.23. The molecule has 2 N–H and O–H groups in total. The number of amides is 2. The molecule has 1 saturated carbocycles. The lowest BCUT2D eigenvalue weighted by Gasteiger charge is -2.13. The van der Waals surface area contributed by atoms with E-state index in [1.165, 1.54) is 6.42 Å². The number of imidazole rings is 1. The summed E-state index contributed by atoms with van der Waals surface area (Å²) in [5.74, 6) is 0. The molecule has 118 valence electrons. The predicted molar refractivity (Wildman–Crippen MR) is 90.2 cm³/mol. The van der Waals surface area contributed by atoms with Gasteiger partial charge in [-0.15, -0.1) is 0 Å². The number of fused-ring (bicyclic) bond motifs is 1. The minimum Gasteiger partial charge on any atom is -0.335 e. The lowest BCUT2D eigenvalue weighted by molar-refractivity contribution is 0.236. The van der Waals surface area contributed by atoms with Gasteiger partial charge in [0.15, 0.2) is 0 Å². The summed E-state index contributed by atoms with van der Waals surface area (Å²) >= 11 is 1.89. The molecular weight excluding hydrogens is 296 g/mol. The zero-order valence-electron chi connectivity index (χ0n) is 13.0. The first-order valence-electron chi connectivity index (χ1n) is 7.66. The molecule has 0 radical (unpaired) electrons. The molecule has 2 aromatic heterocycles. The monoisotopic (exact) mass is 318 g/mol. The number of nitrogens with one attached hydrogen (secondary N) is 2. The molecule has 2 amide bonds. The molecular formula is C16H22N4OS. The van der Waals surface area contributed by atoms with Gasteiger partial charge in [0.25, 0.3) is 0 Å². The van der Waals surface area contributed by atoms with Crippen molar-refractivity contribution in [2.45, 2.75) is 44.0 Å². The summed E-state index contributed by atoms with van der Waals surface area (Å²) in [5, 5.41) is 6.65. The van der Waals surface area contributed by atoms with E-state index in [4.69, 9.17) is 0 Å². The fraction of sp³-hybridized carbons (Fsp3) is 0.500. The second-order valence-corrected chi connectivity index (χ2v) is 6.96. The summed E-state index contributed by atoms with van der Waals surface area (Å²) in [7, 11) is 0. The van der Waals surface area contributed by atoms with Crippen molar-refractivity contribution in [3.63, 3.8) is 0 Å². The van der Waals surface area contributed by atoms with Gasteiger partial charge >= 0.3 is 6.03 Å². The second-order valence-electron chi connectivity index (χ2n) is 5.82. The topological polar surface area (TPSA) is 58.4 Å². The molecule has 2 unspecified atom stereocenters. The molecule has 6 heteroatoms. The van der Waals surface area contributed by atoms with Gasteiger partial charge < -0.3 is 15.0 Å². The van der Waals surface area contributed by atoms with Gasteiger partial charge in [-0.25, -0.2) is 9.78 Å². The molecule has 0 aliphatic heterocycles. The van der Waals surface area contributed by atoms with Gasteiger partial charge in [0.2, 0.25) is 0 Å². The minimum atomic E-state index is -0.0967. The smallest absolute Gasteiger partial charge is 0.315 e. The number of hydrogen-bond donors (Lipinski definition) is 2. The Bertz CT molecular complexity index is 669. The highest BCUT2D eigenvalue weighted by atomic mass is 32.2. The maximum absolute atomic E-state index is 12.0. The summed E-state index contributed by atoms with van der Waals surface area (Å²) in [5.41, 5.74) is 2.92. The van der Waals surface area contributed by atoms with Crippen molar-refractivity contribution in [3.8, 4) is 0 Å². The van der Waals surface area contributed by atoms with Crippen molar-refractivity contribution in [1.29, 1.82) is 0 Å². The van der Waals surface area contributed by atoms with E-state index in [1.807, 2.05) is 47.5 Å². The molecule has 1 fully saturated rings.